The van der Waals surface area contributed by atoms with E-state index >= 15 is 0 Å². The fourth-order valence-corrected chi connectivity index (χ4v) is 2.57. The molecule has 1 N–H and O–H groups in total. The third-order valence-electron chi connectivity index (χ3n) is 4.08. The van der Waals surface area contributed by atoms with Crippen molar-refractivity contribution in [2.75, 3.05) is 5.32 Å². The molecule has 1 aromatic heterocycles. The molecule has 152 valence electrons. The average Bonchev–Trinajstić information content (AvgIpc) is 2.73. The molecule has 0 fully saturated rings. The summed E-state index contributed by atoms with van der Waals surface area (Å²) in [5.41, 5.74) is 0.547. The Morgan fingerprint density at radius 1 is 1.20 bits per heavy atom. The fraction of sp³-hybridized carbons (Fsp3) is 0.0952. The number of fused-ring (bicyclic) bond motifs is 1. The number of halogens is 1. The zero-order valence-corrected chi connectivity index (χ0v) is 15.7. The van der Waals surface area contributed by atoms with E-state index in [-0.39, 0.29) is 5.69 Å². The summed E-state index contributed by atoms with van der Waals surface area (Å²) < 4.78 is 18.4. The summed E-state index contributed by atoms with van der Waals surface area (Å²) in [5, 5.41) is 14.1. The van der Waals surface area contributed by atoms with E-state index < -0.39 is 34.4 Å². The second-order valence-corrected chi connectivity index (χ2v) is 6.25. The molecule has 1 atom stereocenters. The van der Waals surface area contributed by atoms with Crippen LogP contribution in [-0.4, -0.2) is 27.9 Å². The Kier molecular flexibility index (Phi) is 6.11. The van der Waals surface area contributed by atoms with Gasteiger partial charge in [0.1, 0.15) is 0 Å². The van der Waals surface area contributed by atoms with Crippen molar-refractivity contribution in [2.45, 2.75) is 13.0 Å². The first kappa shape index (κ1) is 20.6. The van der Waals surface area contributed by atoms with Crippen molar-refractivity contribution in [1.29, 1.82) is 0 Å². The first-order valence-electron chi connectivity index (χ1n) is 8.83. The Hall–Kier alpha value is -4.14. The summed E-state index contributed by atoms with van der Waals surface area (Å²) in [6, 6.07) is 14.0. The number of rotatable bonds is 6. The Morgan fingerprint density at radius 2 is 1.97 bits per heavy atom. The first-order chi connectivity index (χ1) is 14.3. The van der Waals surface area contributed by atoms with Gasteiger partial charge in [-0.1, -0.05) is 24.3 Å². The van der Waals surface area contributed by atoms with Crippen LogP contribution in [0.2, 0.25) is 0 Å². The van der Waals surface area contributed by atoms with Gasteiger partial charge in [0.25, 0.3) is 5.91 Å². The SMILES string of the molecule is CC(OC(=O)/C=C/c1ccc2ccccc2n1)C(=O)Nc1ccc(F)c([N+](=O)[O-])c1. The number of amides is 1. The predicted molar refractivity (Wildman–Crippen MR) is 108 cm³/mol. The van der Waals surface area contributed by atoms with Gasteiger partial charge in [0.05, 0.1) is 16.1 Å². The number of pyridine rings is 1. The predicted octanol–water partition coefficient (Wildman–Crippen LogP) is 3.87. The minimum absolute atomic E-state index is 0.00639. The lowest BCUT2D eigenvalue weighted by atomic mass is 10.2. The lowest BCUT2D eigenvalue weighted by Gasteiger charge is -2.12. The molecule has 0 saturated carbocycles. The standard InChI is InChI=1S/C21H16FN3O5/c1-13(21(27)24-16-8-10-17(22)19(12-16)25(28)29)30-20(26)11-9-15-7-6-14-4-2-3-5-18(14)23-15/h2-13H,1H3,(H,24,27)/b11-9+. The number of para-hydroxylation sites is 1. The van der Waals surface area contributed by atoms with Crippen molar-refractivity contribution in [1.82, 2.24) is 4.98 Å². The minimum atomic E-state index is -1.18. The minimum Gasteiger partial charge on any atom is -0.449 e. The molecule has 1 heterocycles. The molecule has 0 bridgehead atoms. The van der Waals surface area contributed by atoms with E-state index in [2.05, 4.69) is 10.3 Å². The van der Waals surface area contributed by atoms with Crippen LogP contribution in [0.5, 0.6) is 0 Å². The zero-order valence-electron chi connectivity index (χ0n) is 15.7. The average molecular weight is 409 g/mol. The van der Waals surface area contributed by atoms with Crippen molar-refractivity contribution >= 4 is 40.2 Å². The number of hydrogen-bond donors (Lipinski definition) is 1. The summed E-state index contributed by atoms with van der Waals surface area (Å²) >= 11 is 0. The number of aromatic nitrogens is 1. The maximum absolute atomic E-state index is 13.4. The van der Waals surface area contributed by atoms with Crippen molar-refractivity contribution in [2.24, 2.45) is 0 Å². The molecule has 1 unspecified atom stereocenters. The molecule has 1 amide bonds. The number of ether oxygens (including phenoxy) is 1. The first-order valence-corrected chi connectivity index (χ1v) is 8.83. The number of nitro groups is 1. The second kappa shape index (κ2) is 8.91. The molecule has 0 aliphatic heterocycles. The molecule has 0 spiro atoms. The van der Waals surface area contributed by atoms with E-state index in [4.69, 9.17) is 4.74 Å². The summed E-state index contributed by atoms with van der Waals surface area (Å²) in [4.78, 5) is 38.4. The second-order valence-electron chi connectivity index (χ2n) is 6.25. The third-order valence-corrected chi connectivity index (χ3v) is 4.08. The molecule has 0 aliphatic rings. The number of carbonyl (C=O) groups is 2. The van der Waals surface area contributed by atoms with Gasteiger partial charge in [-0.25, -0.2) is 9.78 Å². The van der Waals surface area contributed by atoms with Crippen LogP contribution in [0.1, 0.15) is 12.6 Å². The van der Waals surface area contributed by atoms with Gasteiger partial charge in [-0.2, -0.15) is 4.39 Å². The zero-order chi connectivity index (χ0) is 21.7. The van der Waals surface area contributed by atoms with E-state index in [1.54, 1.807) is 6.07 Å². The van der Waals surface area contributed by atoms with E-state index in [9.17, 15) is 24.1 Å². The topological polar surface area (TPSA) is 111 Å². The van der Waals surface area contributed by atoms with E-state index in [0.29, 0.717) is 5.69 Å². The number of benzene rings is 2. The van der Waals surface area contributed by atoms with Gasteiger partial charge in [-0.3, -0.25) is 14.9 Å². The van der Waals surface area contributed by atoms with Crippen LogP contribution in [0, 0.1) is 15.9 Å². The molecular weight excluding hydrogens is 393 g/mol. The molecule has 0 aliphatic carbocycles. The van der Waals surface area contributed by atoms with Gasteiger partial charge in [0.2, 0.25) is 5.82 Å². The Balaban J connectivity index is 1.60. The molecular formula is C21H16FN3O5. The molecule has 3 rings (SSSR count). The monoisotopic (exact) mass is 409 g/mol. The van der Waals surface area contributed by atoms with Crippen LogP contribution in [-0.2, 0) is 14.3 Å². The highest BCUT2D eigenvalue weighted by Crippen LogP contribution is 2.21. The smallest absolute Gasteiger partial charge is 0.331 e. The quantitative estimate of drug-likeness (QED) is 0.286. The number of carbonyl (C=O) groups excluding carboxylic acids is 2. The Labute approximate surface area is 170 Å². The maximum Gasteiger partial charge on any atom is 0.331 e. The van der Waals surface area contributed by atoms with Crippen LogP contribution in [0.4, 0.5) is 15.8 Å². The normalized spacial score (nSPS) is 11.9. The summed E-state index contributed by atoms with van der Waals surface area (Å²) in [6.07, 6.45) is 1.42. The maximum atomic E-state index is 13.4. The number of anilines is 1. The van der Waals surface area contributed by atoms with Crippen LogP contribution in [0.25, 0.3) is 17.0 Å². The van der Waals surface area contributed by atoms with Crippen LogP contribution < -0.4 is 5.32 Å². The van der Waals surface area contributed by atoms with Crippen molar-refractivity contribution in [3.8, 4) is 0 Å². The van der Waals surface area contributed by atoms with E-state index in [1.807, 2.05) is 30.3 Å². The Bertz CT molecular complexity index is 1160. The largest absolute Gasteiger partial charge is 0.449 e. The lowest BCUT2D eigenvalue weighted by Crippen LogP contribution is -2.29. The molecule has 2 aromatic carbocycles. The molecule has 8 nitrogen and oxygen atoms in total. The highest BCUT2D eigenvalue weighted by molar-refractivity contribution is 5.96. The molecule has 3 aromatic rings. The number of nitro benzene ring substituents is 1. The van der Waals surface area contributed by atoms with Crippen LogP contribution in [0.15, 0.2) is 60.7 Å². The van der Waals surface area contributed by atoms with Crippen molar-refractivity contribution in [3.63, 3.8) is 0 Å². The van der Waals surface area contributed by atoms with Gasteiger partial charge in [-0.15, -0.1) is 0 Å². The fourth-order valence-electron chi connectivity index (χ4n) is 2.57. The number of nitrogens with one attached hydrogen (secondary N) is 1. The molecule has 0 radical (unpaired) electrons. The lowest BCUT2D eigenvalue weighted by molar-refractivity contribution is -0.387. The summed E-state index contributed by atoms with van der Waals surface area (Å²) in [7, 11) is 0. The molecule has 30 heavy (non-hydrogen) atoms. The number of hydrogen-bond acceptors (Lipinski definition) is 6. The number of nitrogens with zero attached hydrogens (tertiary/aromatic N) is 2. The highest BCUT2D eigenvalue weighted by atomic mass is 19.1. The Morgan fingerprint density at radius 3 is 2.73 bits per heavy atom. The van der Waals surface area contributed by atoms with Crippen LogP contribution >= 0.6 is 0 Å². The molecule has 0 saturated heterocycles. The van der Waals surface area contributed by atoms with Crippen LogP contribution in [0.3, 0.4) is 0 Å². The third kappa shape index (κ3) is 5.02. The summed E-state index contributed by atoms with van der Waals surface area (Å²) in [6.45, 7) is 1.34. The number of esters is 1. The van der Waals surface area contributed by atoms with Gasteiger partial charge in [0.15, 0.2) is 6.10 Å². The van der Waals surface area contributed by atoms with Crippen molar-refractivity contribution in [3.05, 3.63) is 82.3 Å². The van der Waals surface area contributed by atoms with E-state index in [1.165, 1.54) is 19.1 Å². The van der Waals surface area contributed by atoms with E-state index in [0.717, 1.165) is 29.1 Å². The summed E-state index contributed by atoms with van der Waals surface area (Å²) in [5.74, 6) is -2.51. The van der Waals surface area contributed by atoms with Gasteiger partial charge in [-0.05, 0) is 37.3 Å². The van der Waals surface area contributed by atoms with Gasteiger partial charge >= 0.3 is 11.7 Å². The van der Waals surface area contributed by atoms with Crippen molar-refractivity contribution < 1.29 is 23.6 Å². The van der Waals surface area contributed by atoms with Gasteiger partial charge in [0, 0.05) is 23.2 Å². The highest BCUT2D eigenvalue weighted by Gasteiger charge is 2.19. The molecule has 9 heteroatoms. The van der Waals surface area contributed by atoms with Gasteiger partial charge < -0.3 is 10.1 Å².